The standard InChI is InChI=1S/C18H20N6O5/c1-22-13-7-11(19-9-10-15(25)20-17(27)21-16(10)26)12(24-3-5-29-6-4-24)8-14(13)23(2)18(22)28/h7-9H,3-6H2,1-2H3,(H3,20,21,25,26,27). The number of ether oxygens (including phenoxy) is 1. The molecule has 0 unspecified atom stereocenters. The minimum atomic E-state index is -0.806. The molecule has 11 nitrogen and oxygen atoms in total. The second kappa shape index (κ2) is 7.09. The fraction of sp³-hybridized carbons (Fsp3) is 0.333. The van der Waals surface area contributed by atoms with E-state index in [2.05, 4.69) is 14.9 Å². The molecule has 0 bridgehead atoms. The molecule has 152 valence electrons. The van der Waals surface area contributed by atoms with E-state index in [1.54, 1.807) is 24.7 Å². The Hall–Kier alpha value is -3.60. The lowest BCUT2D eigenvalue weighted by atomic mass is 10.2. The number of benzene rings is 1. The fourth-order valence-corrected chi connectivity index (χ4v) is 3.42. The number of nitrogens with zero attached hydrogens (tertiary/aromatic N) is 4. The third-order valence-corrected chi connectivity index (χ3v) is 5.01. The van der Waals surface area contributed by atoms with E-state index in [0.29, 0.717) is 37.5 Å². The Morgan fingerprint density at radius 2 is 1.72 bits per heavy atom. The molecule has 1 aliphatic rings. The Morgan fingerprint density at radius 1 is 1.07 bits per heavy atom. The van der Waals surface area contributed by atoms with Gasteiger partial charge in [0.1, 0.15) is 5.56 Å². The van der Waals surface area contributed by atoms with Gasteiger partial charge in [-0.2, -0.15) is 0 Å². The zero-order chi connectivity index (χ0) is 20.7. The van der Waals surface area contributed by atoms with Gasteiger partial charge in [-0.05, 0) is 12.1 Å². The second-order valence-electron chi connectivity index (χ2n) is 6.76. The van der Waals surface area contributed by atoms with Crippen molar-refractivity contribution in [3.63, 3.8) is 0 Å². The average molecular weight is 400 g/mol. The van der Waals surface area contributed by atoms with E-state index in [1.807, 2.05) is 11.1 Å². The minimum Gasteiger partial charge on any atom is -0.494 e. The van der Waals surface area contributed by atoms with Gasteiger partial charge in [0.15, 0.2) is 0 Å². The lowest BCUT2D eigenvalue weighted by Gasteiger charge is -2.30. The van der Waals surface area contributed by atoms with Crippen molar-refractivity contribution >= 4 is 28.6 Å². The maximum atomic E-state index is 12.3. The maximum absolute atomic E-state index is 12.3. The van der Waals surface area contributed by atoms with E-state index in [9.17, 15) is 19.5 Å². The summed E-state index contributed by atoms with van der Waals surface area (Å²) in [4.78, 5) is 46.2. The molecule has 0 radical (unpaired) electrons. The molecule has 11 heteroatoms. The first-order valence-corrected chi connectivity index (χ1v) is 8.98. The van der Waals surface area contributed by atoms with E-state index in [-0.39, 0.29) is 11.3 Å². The number of fused-ring (bicyclic) bond motifs is 1. The number of morpholine rings is 1. The second-order valence-corrected chi connectivity index (χ2v) is 6.76. The molecule has 29 heavy (non-hydrogen) atoms. The molecule has 3 heterocycles. The van der Waals surface area contributed by atoms with Crippen LogP contribution in [0.2, 0.25) is 0 Å². The van der Waals surface area contributed by atoms with Crippen LogP contribution in [-0.2, 0) is 18.8 Å². The van der Waals surface area contributed by atoms with Crippen molar-refractivity contribution in [2.24, 2.45) is 19.1 Å². The van der Waals surface area contributed by atoms with Gasteiger partial charge in [0.25, 0.3) is 5.56 Å². The molecular weight excluding hydrogens is 380 g/mol. The van der Waals surface area contributed by atoms with Crippen LogP contribution in [0.15, 0.2) is 31.5 Å². The van der Waals surface area contributed by atoms with Crippen molar-refractivity contribution in [3.8, 4) is 5.88 Å². The minimum absolute atomic E-state index is 0.163. The number of nitrogens with one attached hydrogen (secondary N) is 2. The van der Waals surface area contributed by atoms with Crippen molar-refractivity contribution in [3.05, 3.63) is 49.0 Å². The summed E-state index contributed by atoms with van der Waals surface area (Å²) in [6.45, 7) is 2.43. The molecule has 3 aromatic rings. The first-order chi connectivity index (χ1) is 13.9. The number of aliphatic imine (C=N–C) groups is 1. The van der Waals surface area contributed by atoms with E-state index in [0.717, 1.165) is 11.2 Å². The van der Waals surface area contributed by atoms with Crippen molar-refractivity contribution in [1.82, 2.24) is 19.1 Å². The molecule has 4 rings (SSSR count). The zero-order valence-corrected chi connectivity index (χ0v) is 15.9. The Morgan fingerprint density at radius 3 is 2.38 bits per heavy atom. The van der Waals surface area contributed by atoms with E-state index in [4.69, 9.17) is 4.74 Å². The first kappa shape index (κ1) is 18.7. The number of aryl methyl sites for hydroxylation is 2. The molecular formula is C18H20N6O5. The van der Waals surface area contributed by atoms with Gasteiger partial charge in [-0.15, -0.1) is 0 Å². The number of hydrogen-bond acceptors (Lipinski definition) is 7. The molecule has 1 aliphatic heterocycles. The summed E-state index contributed by atoms with van der Waals surface area (Å²) < 4.78 is 8.49. The SMILES string of the molecule is Cn1c(=O)n(C)c2cc(N3CCOCC3)c(N=Cc3c(O)[nH]c(=O)[nH]c3=O)cc21. The number of aromatic nitrogens is 4. The molecule has 1 fully saturated rings. The Balaban J connectivity index is 1.90. The quantitative estimate of drug-likeness (QED) is 0.509. The van der Waals surface area contributed by atoms with Crippen LogP contribution in [0.3, 0.4) is 0 Å². The van der Waals surface area contributed by atoms with Crippen LogP contribution in [0.25, 0.3) is 11.0 Å². The van der Waals surface area contributed by atoms with Gasteiger partial charge in [0.2, 0.25) is 5.88 Å². The lowest BCUT2D eigenvalue weighted by Crippen LogP contribution is -2.36. The fourth-order valence-electron chi connectivity index (χ4n) is 3.42. The summed E-state index contributed by atoms with van der Waals surface area (Å²) in [5.41, 5.74) is 0.840. The Kier molecular flexibility index (Phi) is 4.59. The van der Waals surface area contributed by atoms with Gasteiger partial charge in [0, 0.05) is 33.4 Å². The van der Waals surface area contributed by atoms with E-state index in [1.165, 1.54) is 10.8 Å². The number of aromatic amines is 2. The van der Waals surface area contributed by atoms with Gasteiger partial charge in [-0.3, -0.25) is 28.9 Å². The first-order valence-electron chi connectivity index (χ1n) is 8.98. The van der Waals surface area contributed by atoms with Crippen molar-refractivity contribution < 1.29 is 9.84 Å². The Labute approximate surface area is 163 Å². The molecule has 1 aromatic carbocycles. The smallest absolute Gasteiger partial charge is 0.328 e. The number of H-pyrrole nitrogens is 2. The van der Waals surface area contributed by atoms with Gasteiger partial charge >= 0.3 is 11.4 Å². The highest BCUT2D eigenvalue weighted by Crippen LogP contribution is 2.33. The average Bonchev–Trinajstić information content (AvgIpc) is 2.91. The predicted molar refractivity (Wildman–Crippen MR) is 108 cm³/mol. The third kappa shape index (κ3) is 3.25. The monoisotopic (exact) mass is 400 g/mol. The van der Waals surface area contributed by atoms with Crippen molar-refractivity contribution in [1.29, 1.82) is 0 Å². The zero-order valence-electron chi connectivity index (χ0n) is 15.9. The molecule has 3 N–H and O–H groups in total. The summed E-state index contributed by atoms with van der Waals surface area (Å²) >= 11 is 0. The van der Waals surface area contributed by atoms with E-state index < -0.39 is 17.1 Å². The summed E-state index contributed by atoms with van der Waals surface area (Å²) in [5, 5.41) is 9.88. The summed E-state index contributed by atoms with van der Waals surface area (Å²) in [5.74, 6) is -0.566. The number of anilines is 1. The van der Waals surface area contributed by atoms with Gasteiger partial charge < -0.3 is 14.7 Å². The van der Waals surface area contributed by atoms with Crippen LogP contribution in [0.5, 0.6) is 5.88 Å². The Bertz CT molecular complexity index is 1290. The number of aromatic hydroxyl groups is 1. The maximum Gasteiger partial charge on any atom is 0.328 e. The van der Waals surface area contributed by atoms with Gasteiger partial charge in [-0.1, -0.05) is 0 Å². The van der Waals surface area contributed by atoms with Gasteiger partial charge in [0.05, 0.1) is 35.6 Å². The molecule has 0 saturated carbocycles. The number of rotatable bonds is 3. The molecule has 0 aliphatic carbocycles. The summed E-state index contributed by atoms with van der Waals surface area (Å²) in [6.07, 6.45) is 1.19. The van der Waals surface area contributed by atoms with Crippen LogP contribution >= 0.6 is 0 Å². The summed E-state index contributed by atoms with van der Waals surface area (Å²) in [7, 11) is 3.37. The predicted octanol–water partition coefficient (Wildman–Crippen LogP) is -0.454. The highest BCUT2D eigenvalue weighted by molar-refractivity contribution is 5.91. The number of hydrogen-bond donors (Lipinski definition) is 3. The molecule has 0 atom stereocenters. The van der Waals surface area contributed by atoms with Crippen LogP contribution in [0.1, 0.15) is 5.56 Å². The number of imidazole rings is 1. The van der Waals surface area contributed by atoms with Crippen molar-refractivity contribution in [2.75, 3.05) is 31.2 Å². The molecule has 1 saturated heterocycles. The third-order valence-electron chi connectivity index (χ3n) is 5.01. The van der Waals surface area contributed by atoms with Crippen LogP contribution < -0.4 is 21.8 Å². The van der Waals surface area contributed by atoms with Crippen LogP contribution in [0, 0.1) is 0 Å². The highest BCUT2D eigenvalue weighted by atomic mass is 16.5. The molecule has 2 aromatic heterocycles. The largest absolute Gasteiger partial charge is 0.494 e. The highest BCUT2D eigenvalue weighted by Gasteiger charge is 2.19. The molecule has 0 amide bonds. The van der Waals surface area contributed by atoms with Gasteiger partial charge in [-0.25, -0.2) is 9.59 Å². The van der Waals surface area contributed by atoms with Crippen LogP contribution in [0.4, 0.5) is 11.4 Å². The summed E-state index contributed by atoms with van der Waals surface area (Å²) in [6, 6.07) is 3.64. The topological polar surface area (TPSA) is 138 Å². The molecule has 0 spiro atoms. The van der Waals surface area contributed by atoms with E-state index >= 15 is 0 Å². The normalized spacial score (nSPS) is 14.9. The lowest BCUT2D eigenvalue weighted by molar-refractivity contribution is 0.123. The van der Waals surface area contributed by atoms with Crippen LogP contribution in [-0.4, -0.2) is 56.7 Å². The van der Waals surface area contributed by atoms with Crippen molar-refractivity contribution in [2.45, 2.75) is 0 Å².